The number of nitriles is 1. The molecular formula is C8H9F3N4S. The van der Waals surface area contributed by atoms with Gasteiger partial charge in [-0.25, -0.2) is 0 Å². The van der Waals surface area contributed by atoms with Crippen molar-refractivity contribution in [1.82, 2.24) is 4.37 Å². The SMILES string of the molecule is CCN(CC(F)(F)F)c1snc(N)c1C#N. The summed E-state index contributed by atoms with van der Waals surface area (Å²) in [5.74, 6) is -0.0249. The molecule has 8 heteroatoms. The highest BCUT2D eigenvalue weighted by Crippen LogP contribution is 2.31. The molecule has 0 bridgehead atoms. The van der Waals surface area contributed by atoms with Gasteiger partial charge in [0.25, 0.3) is 0 Å². The van der Waals surface area contributed by atoms with Crippen LogP contribution in [0.2, 0.25) is 0 Å². The van der Waals surface area contributed by atoms with E-state index in [2.05, 4.69) is 4.37 Å². The fraction of sp³-hybridized carbons (Fsp3) is 0.500. The minimum atomic E-state index is -4.32. The number of nitrogens with two attached hydrogens (primary N) is 1. The summed E-state index contributed by atoms with van der Waals surface area (Å²) in [6.45, 7) is 0.596. The monoisotopic (exact) mass is 250 g/mol. The fourth-order valence-corrected chi connectivity index (χ4v) is 1.98. The number of anilines is 2. The maximum Gasteiger partial charge on any atom is 0.405 e. The molecule has 0 amide bonds. The molecule has 88 valence electrons. The van der Waals surface area contributed by atoms with Crippen LogP contribution in [0.1, 0.15) is 12.5 Å². The Bertz CT molecular complexity index is 406. The van der Waals surface area contributed by atoms with Gasteiger partial charge >= 0.3 is 6.18 Å². The van der Waals surface area contributed by atoms with Crippen LogP contribution in [0.15, 0.2) is 0 Å². The van der Waals surface area contributed by atoms with Crippen LogP contribution in [0, 0.1) is 11.3 Å². The minimum Gasteiger partial charge on any atom is -0.382 e. The Hall–Kier alpha value is -1.49. The fourth-order valence-electron chi connectivity index (χ4n) is 1.16. The number of aromatic nitrogens is 1. The number of hydrogen-bond acceptors (Lipinski definition) is 5. The van der Waals surface area contributed by atoms with Gasteiger partial charge in [0.05, 0.1) is 0 Å². The van der Waals surface area contributed by atoms with E-state index in [0.717, 1.165) is 16.4 Å². The van der Waals surface area contributed by atoms with Crippen LogP contribution in [-0.2, 0) is 0 Å². The molecule has 0 aliphatic rings. The summed E-state index contributed by atoms with van der Waals surface area (Å²) in [5, 5.41) is 8.93. The molecule has 2 N–H and O–H groups in total. The van der Waals surface area contributed by atoms with Gasteiger partial charge < -0.3 is 10.6 Å². The minimum absolute atomic E-state index is 0.0103. The van der Waals surface area contributed by atoms with Gasteiger partial charge in [-0.05, 0) is 18.5 Å². The largest absolute Gasteiger partial charge is 0.405 e. The van der Waals surface area contributed by atoms with Crippen LogP contribution in [0.3, 0.4) is 0 Å². The molecule has 0 saturated carbocycles. The predicted octanol–water partition coefficient (Wildman–Crippen LogP) is 1.99. The first-order valence-corrected chi connectivity index (χ1v) is 5.13. The van der Waals surface area contributed by atoms with Crippen LogP contribution in [0.4, 0.5) is 24.0 Å². The van der Waals surface area contributed by atoms with Crippen molar-refractivity contribution < 1.29 is 13.2 Å². The van der Waals surface area contributed by atoms with Gasteiger partial charge in [0, 0.05) is 6.54 Å². The van der Waals surface area contributed by atoms with Crippen LogP contribution in [-0.4, -0.2) is 23.6 Å². The lowest BCUT2D eigenvalue weighted by Crippen LogP contribution is -2.33. The molecule has 1 aromatic rings. The summed E-state index contributed by atoms with van der Waals surface area (Å²) >= 11 is 0.803. The third-order valence-electron chi connectivity index (χ3n) is 1.85. The molecule has 0 fully saturated rings. The smallest absolute Gasteiger partial charge is 0.382 e. The quantitative estimate of drug-likeness (QED) is 0.890. The van der Waals surface area contributed by atoms with Crippen molar-refractivity contribution in [3.63, 3.8) is 0 Å². The van der Waals surface area contributed by atoms with Crippen molar-refractivity contribution in [1.29, 1.82) is 5.26 Å². The lowest BCUT2D eigenvalue weighted by molar-refractivity contribution is -0.119. The zero-order chi connectivity index (χ0) is 12.3. The molecule has 0 aromatic carbocycles. The zero-order valence-electron chi connectivity index (χ0n) is 8.38. The summed E-state index contributed by atoms with van der Waals surface area (Å²) in [5.41, 5.74) is 5.39. The zero-order valence-corrected chi connectivity index (χ0v) is 9.19. The highest BCUT2D eigenvalue weighted by atomic mass is 32.1. The Balaban J connectivity index is 3.01. The number of halogens is 3. The van der Waals surface area contributed by atoms with Crippen LogP contribution < -0.4 is 10.6 Å². The predicted molar refractivity (Wildman–Crippen MR) is 55.2 cm³/mol. The van der Waals surface area contributed by atoms with Gasteiger partial charge in [-0.2, -0.15) is 22.8 Å². The Morgan fingerprint density at radius 3 is 2.62 bits per heavy atom. The van der Waals surface area contributed by atoms with E-state index < -0.39 is 12.7 Å². The molecule has 1 heterocycles. The molecule has 0 saturated heterocycles. The summed E-state index contributed by atoms with van der Waals surface area (Å²) in [6.07, 6.45) is -4.32. The van der Waals surface area contributed by atoms with Crippen molar-refractivity contribution in [2.24, 2.45) is 0 Å². The van der Waals surface area contributed by atoms with E-state index in [1.54, 1.807) is 13.0 Å². The van der Waals surface area contributed by atoms with Crippen LogP contribution >= 0.6 is 11.5 Å². The lowest BCUT2D eigenvalue weighted by atomic mass is 10.3. The molecular weight excluding hydrogens is 241 g/mol. The number of alkyl halides is 3. The molecule has 4 nitrogen and oxygen atoms in total. The lowest BCUT2D eigenvalue weighted by Gasteiger charge is -2.22. The maximum atomic E-state index is 12.2. The summed E-state index contributed by atoms with van der Waals surface area (Å²) in [7, 11) is 0. The second-order valence-electron chi connectivity index (χ2n) is 2.99. The molecule has 0 radical (unpaired) electrons. The van der Waals surface area contributed by atoms with Gasteiger partial charge in [-0.3, -0.25) is 0 Å². The third kappa shape index (κ3) is 2.76. The van der Waals surface area contributed by atoms with E-state index in [1.807, 2.05) is 0 Å². The Kier molecular flexibility index (Phi) is 3.59. The first-order valence-electron chi connectivity index (χ1n) is 4.36. The summed E-state index contributed by atoms with van der Waals surface area (Å²) in [4.78, 5) is 1.03. The van der Waals surface area contributed by atoms with Crippen molar-refractivity contribution in [2.45, 2.75) is 13.1 Å². The Morgan fingerprint density at radius 1 is 1.56 bits per heavy atom. The third-order valence-corrected chi connectivity index (χ3v) is 2.77. The van der Waals surface area contributed by atoms with Crippen molar-refractivity contribution >= 4 is 22.4 Å². The van der Waals surface area contributed by atoms with Gasteiger partial charge in [0.15, 0.2) is 5.82 Å². The summed E-state index contributed by atoms with van der Waals surface area (Å²) in [6, 6.07) is 1.76. The van der Waals surface area contributed by atoms with E-state index in [-0.39, 0.29) is 22.9 Å². The highest BCUT2D eigenvalue weighted by molar-refractivity contribution is 7.10. The maximum absolute atomic E-state index is 12.2. The average Bonchev–Trinajstić information content (AvgIpc) is 2.54. The number of hydrogen-bond donors (Lipinski definition) is 1. The van der Waals surface area contributed by atoms with Gasteiger partial charge in [-0.15, -0.1) is 0 Å². The van der Waals surface area contributed by atoms with Crippen LogP contribution in [0.25, 0.3) is 0 Å². The van der Waals surface area contributed by atoms with E-state index in [4.69, 9.17) is 11.0 Å². The van der Waals surface area contributed by atoms with Gasteiger partial charge in [-0.1, -0.05) is 0 Å². The van der Waals surface area contributed by atoms with Crippen molar-refractivity contribution in [2.75, 3.05) is 23.7 Å². The van der Waals surface area contributed by atoms with E-state index in [9.17, 15) is 13.2 Å². The molecule has 16 heavy (non-hydrogen) atoms. The molecule has 0 spiro atoms. The normalized spacial score (nSPS) is 11.2. The summed E-state index contributed by atoms with van der Waals surface area (Å²) < 4.78 is 40.4. The van der Waals surface area contributed by atoms with E-state index >= 15 is 0 Å². The molecule has 0 atom stereocenters. The van der Waals surface area contributed by atoms with Crippen molar-refractivity contribution in [3.05, 3.63) is 5.56 Å². The van der Waals surface area contributed by atoms with E-state index in [1.165, 1.54) is 0 Å². The van der Waals surface area contributed by atoms with Crippen molar-refractivity contribution in [3.8, 4) is 6.07 Å². The van der Waals surface area contributed by atoms with Crippen LogP contribution in [0.5, 0.6) is 0 Å². The highest BCUT2D eigenvalue weighted by Gasteiger charge is 2.32. The molecule has 0 aliphatic carbocycles. The second-order valence-corrected chi connectivity index (χ2v) is 3.74. The Labute approximate surface area is 94.2 Å². The molecule has 1 rings (SSSR count). The van der Waals surface area contributed by atoms with Gasteiger partial charge in [0.2, 0.25) is 0 Å². The number of rotatable bonds is 3. The Morgan fingerprint density at radius 2 is 2.19 bits per heavy atom. The first kappa shape index (κ1) is 12.6. The molecule has 1 aromatic heterocycles. The molecule has 0 aliphatic heterocycles. The first-order chi connectivity index (χ1) is 7.39. The standard InChI is InChI=1S/C8H9F3N4S/c1-2-15(4-8(9,10)11)7-5(3-12)6(13)14-16-7/h2,4H2,1H3,(H2,13,14). The molecule has 0 unspecified atom stereocenters. The average molecular weight is 250 g/mol. The number of nitrogen functional groups attached to an aromatic ring is 1. The number of nitrogens with zero attached hydrogens (tertiary/aromatic N) is 3. The van der Waals surface area contributed by atoms with Gasteiger partial charge in [0.1, 0.15) is 23.2 Å². The topological polar surface area (TPSA) is 65.9 Å². The van der Waals surface area contributed by atoms with E-state index in [0.29, 0.717) is 0 Å². The second kappa shape index (κ2) is 4.57.